The lowest BCUT2D eigenvalue weighted by molar-refractivity contribution is 0.0600. The Balaban J connectivity index is 2.33. The van der Waals surface area contributed by atoms with Crippen molar-refractivity contribution in [2.45, 2.75) is 83.0 Å². The molecule has 0 bridgehead atoms. The van der Waals surface area contributed by atoms with Gasteiger partial charge in [0.2, 0.25) is 0 Å². The highest BCUT2D eigenvalue weighted by atomic mass is 28.4. The molecule has 0 aromatic heterocycles. The monoisotopic (exact) mass is 386 g/mol. The van der Waals surface area contributed by atoms with Gasteiger partial charge >= 0.3 is 5.97 Å². The van der Waals surface area contributed by atoms with Crippen LogP contribution < -0.4 is 0 Å². The fourth-order valence-corrected chi connectivity index (χ4v) is 4.69. The highest BCUT2D eigenvalue weighted by Crippen LogP contribution is 2.41. The van der Waals surface area contributed by atoms with Crippen molar-refractivity contribution in [2.75, 3.05) is 7.11 Å². The molecule has 0 amide bonds. The Morgan fingerprint density at radius 3 is 2.41 bits per heavy atom. The maximum atomic E-state index is 11.7. The Morgan fingerprint density at radius 2 is 1.81 bits per heavy atom. The van der Waals surface area contributed by atoms with Crippen molar-refractivity contribution >= 4 is 14.3 Å². The van der Waals surface area contributed by atoms with Crippen LogP contribution in [0.3, 0.4) is 0 Å². The quantitative estimate of drug-likeness (QED) is 0.367. The summed E-state index contributed by atoms with van der Waals surface area (Å²) >= 11 is 0. The zero-order valence-corrected chi connectivity index (χ0v) is 18.8. The molecular weight excluding hydrogens is 352 g/mol. The van der Waals surface area contributed by atoms with Gasteiger partial charge in [-0.15, -0.1) is 5.92 Å². The van der Waals surface area contributed by atoms with E-state index in [0.29, 0.717) is 5.56 Å². The molecule has 1 aromatic rings. The van der Waals surface area contributed by atoms with Crippen molar-refractivity contribution in [3.05, 3.63) is 35.4 Å². The van der Waals surface area contributed by atoms with Crippen LogP contribution in [-0.4, -0.2) is 27.0 Å². The molecule has 1 aliphatic rings. The number of benzene rings is 1. The van der Waals surface area contributed by atoms with E-state index in [0.717, 1.165) is 31.2 Å². The highest BCUT2D eigenvalue weighted by Gasteiger charge is 2.44. The number of methoxy groups -OCH3 is 1. The molecule has 4 heteroatoms. The molecule has 0 saturated heterocycles. The second kappa shape index (κ2) is 8.62. The van der Waals surface area contributed by atoms with E-state index in [1.165, 1.54) is 20.0 Å². The third-order valence-corrected chi connectivity index (χ3v) is 10.3. The van der Waals surface area contributed by atoms with Crippen molar-refractivity contribution in [1.82, 2.24) is 0 Å². The van der Waals surface area contributed by atoms with E-state index in [9.17, 15) is 4.79 Å². The molecule has 148 valence electrons. The van der Waals surface area contributed by atoms with Crippen molar-refractivity contribution < 1.29 is 14.0 Å². The predicted molar refractivity (Wildman–Crippen MR) is 113 cm³/mol. The number of carbonyl (C=O) groups is 1. The number of ether oxygens (including phenoxy) is 1. The van der Waals surface area contributed by atoms with Gasteiger partial charge in [-0.25, -0.2) is 4.79 Å². The third kappa shape index (κ3) is 5.70. The maximum Gasteiger partial charge on any atom is 0.337 e. The summed E-state index contributed by atoms with van der Waals surface area (Å²) in [5, 5.41) is 0.138. The highest BCUT2D eigenvalue weighted by molar-refractivity contribution is 6.74. The standard InChI is InChI=1S/C23H34O3Si/c1-22(2,3)27(5,6)26-23(16-10-8-7-9-11-17-23)18-19-12-14-20(15-13-19)21(24)25-4/h12-15H,7-10,16,18H2,1-6H3. The average Bonchev–Trinajstić information content (AvgIpc) is 2.57. The molecule has 0 aliphatic heterocycles. The molecular formula is C23H34O3Si. The van der Waals surface area contributed by atoms with E-state index in [-0.39, 0.29) is 11.0 Å². The first kappa shape index (κ1) is 21.7. The molecule has 1 atom stereocenters. The average molecular weight is 387 g/mol. The van der Waals surface area contributed by atoms with E-state index in [1.807, 2.05) is 24.3 Å². The molecule has 0 spiro atoms. The van der Waals surface area contributed by atoms with Crippen LogP contribution in [0.15, 0.2) is 24.3 Å². The van der Waals surface area contributed by atoms with Crippen molar-refractivity contribution in [2.24, 2.45) is 0 Å². The van der Waals surface area contributed by atoms with E-state index >= 15 is 0 Å². The predicted octanol–water partition coefficient (Wildman–Crippen LogP) is 5.74. The first-order valence-electron chi connectivity index (χ1n) is 9.96. The molecule has 0 N–H and O–H groups in total. The first-order valence-corrected chi connectivity index (χ1v) is 12.9. The number of hydrogen-bond donors (Lipinski definition) is 0. The zero-order chi connectivity index (χ0) is 20.1. The number of esters is 1. The molecule has 1 unspecified atom stereocenters. The molecule has 0 radical (unpaired) electrons. The zero-order valence-electron chi connectivity index (χ0n) is 17.8. The summed E-state index contributed by atoms with van der Waals surface area (Å²) in [5.74, 6) is 6.61. The van der Waals surface area contributed by atoms with Gasteiger partial charge in [-0.3, -0.25) is 0 Å². The van der Waals surface area contributed by atoms with Crippen molar-refractivity contribution in [1.29, 1.82) is 0 Å². The van der Waals surface area contributed by atoms with E-state index in [4.69, 9.17) is 9.16 Å². The Bertz CT molecular complexity index is 704. The van der Waals surface area contributed by atoms with Crippen LogP contribution >= 0.6 is 0 Å². The normalized spacial score (nSPS) is 20.8. The minimum absolute atomic E-state index is 0.138. The Kier molecular flexibility index (Phi) is 6.94. The second-order valence-corrected chi connectivity index (χ2v) is 13.8. The summed E-state index contributed by atoms with van der Waals surface area (Å²) in [6.45, 7) is 11.4. The topological polar surface area (TPSA) is 35.5 Å². The summed E-state index contributed by atoms with van der Waals surface area (Å²) in [5.41, 5.74) is 1.29. The summed E-state index contributed by atoms with van der Waals surface area (Å²) in [4.78, 5) is 11.7. The van der Waals surface area contributed by atoms with Gasteiger partial charge in [0.25, 0.3) is 0 Å². The lowest BCUT2D eigenvalue weighted by atomic mass is 9.88. The molecule has 1 aliphatic carbocycles. The summed E-state index contributed by atoms with van der Waals surface area (Å²) in [6, 6.07) is 7.67. The van der Waals surface area contributed by atoms with Gasteiger partial charge in [-0.2, -0.15) is 0 Å². The Hall–Kier alpha value is -1.57. The van der Waals surface area contributed by atoms with Crippen molar-refractivity contribution in [3.63, 3.8) is 0 Å². The summed E-state index contributed by atoms with van der Waals surface area (Å²) in [6.07, 6.45) is 6.20. The van der Waals surface area contributed by atoms with Crippen molar-refractivity contribution in [3.8, 4) is 11.8 Å². The number of rotatable bonds is 5. The Morgan fingerprint density at radius 1 is 1.15 bits per heavy atom. The van der Waals surface area contributed by atoms with Crippen LogP contribution in [0.1, 0.15) is 68.8 Å². The first-order chi connectivity index (χ1) is 12.6. The lowest BCUT2D eigenvalue weighted by Gasteiger charge is -2.44. The summed E-state index contributed by atoms with van der Waals surface area (Å²) < 4.78 is 11.7. The van der Waals surface area contributed by atoms with Gasteiger partial charge in [0.05, 0.1) is 12.7 Å². The smallest absolute Gasteiger partial charge is 0.337 e. The van der Waals surface area contributed by atoms with Crippen LogP contribution in [0.5, 0.6) is 0 Å². The second-order valence-electron chi connectivity index (χ2n) is 9.08. The van der Waals surface area contributed by atoms with Gasteiger partial charge in [0.15, 0.2) is 8.32 Å². The van der Waals surface area contributed by atoms with Gasteiger partial charge in [0, 0.05) is 12.8 Å². The number of hydrogen-bond acceptors (Lipinski definition) is 3. The molecule has 27 heavy (non-hydrogen) atoms. The van der Waals surface area contributed by atoms with Crippen LogP contribution in [0.2, 0.25) is 18.1 Å². The third-order valence-electron chi connectivity index (χ3n) is 5.82. The van der Waals surface area contributed by atoms with Gasteiger partial charge in [-0.1, -0.05) is 45.2 Å². The lowest BCUT2D eigenvalue weighted by Crippen LogP contribution is -2.50. The molecule has 0 heterocycles. The molecule has 2 rings (SSSR count). The molecule has 0 fully saturated rings. The largest absolute Gasteiger partial charge is 0.465 e. The minimum Gasteiger partial charge on any atom is -0.465 e. The number of carbonyl (C=O) groups excluding carboxylic acids is 1. The van der Waals surface area contributed by atoms with Crippen LogP contribution in [0.4, 0.5) is 0 Å². The van der Waals surface area contributed by atoms with Gasteiger partial charge < -0.3 is 9.16 Å². The van der Waals surface area contributed by atoms with Crippen LogP contribution in [0, 0.1) is 11.8 Å². The van der Waals surface area contributed by atoms with Gasteiger partial charge in [-0.05, 0) is 55.1 Å². The molecule has 0 saturated carbocycles. The minimum atomic E-state index is -1.97. The fourth-order valence-electron chi connectivity index (χ4n) is 3.18. The van der Waals surface area contributed by atoms with E-state index in [2.05, 4.69) is 45.7 Å². The molecule has 3 nitrogen and oxygen atoms in total. The van der Waals surface area contributed by atoms with E-state index in [1.54, 1.807) is 0 Å². The van der Waals surface area contributed by atoms with Crippen LogP contribution in [0.25, 0.3) is 0 Å². The van der Waals surface area contributed by atoms with E-state index < -0.39 is 13.9 Å². The fraction of sp³-hybridized carbons (Fsp3) is 0.609. The maximum absolute atomic E-state index is 11.7. The Labute approximate surface area is 166 Å². The van der Waals surface area contributed by atoms with Crippen LogP contribution in [-0.2, 0) is 15.6 Å². The SMILES string of the molecule is COC(=O)c1ccc(CC2(O[Si](C)(C)C(C)(C)C)C#CCCCCC2)cc1. The van der Waals surface area contributed by atoms with Gasteiger partial charge in [0.1, 0.15) is 5.60 Å². The molecule has 1 aromatic carbocycles. The summed E-state index contributed by atoms with van der Waals surface area (Å²) in [7, 11) is -0.563.